The molecule has 122 valence electrons. The summed E-state index contributed by atoms with van der Waals surface area (Å²) >= 11 is 0. The predicted molar refractivity (Wildman–Crippen MR) is 87.2 cm³/mol. The van der Waals surface area contributed by atoms with Gasteiger partial charge in [0.2, 0.25) is 5.91 Å². The molecule has 0 bridgehead atoms. The molecule has 1 aromatic carbocycles. The first-order valence-corrected chi connectivity index (χ1v) is 9.72. The minimum atomic E-state index is -2.97. The van der Waals surface area contributed by atoms with E-state index in [4.69, 9.17) is 0 Å². The van der Waals surface area contributed by atoms with Crippen LogP contribution in [0.15, 0.2) is 30.3 Å². The second-order valence-corrected chi connectivity index (χ2v) is 8.14. The van der Waals surface area contributed by atoms with E-state index < -0.39 is 9.84 Å². The molecule has 5 nitrogen and oxygen atoms in total. The third-order valence-corrected chi connectivity index (χ3v) is 4.91. The van der Waals surface area contributed by atoms with Crippen LogP contribution in [0.1, 0.15) is 18.4 Å². The highest BCUT2D eigenvalue weighted by atomic mass is 32.2. The molecule has 0 N–H and O–H groups in total. The van der Waals surface area contributed by atoms with Crippen LogP contribution >= 0.6 is 0 Å². The van der Waals surface area contributed by atoms with Crippen LogP contribution in [0, 0.1) is 0 Å². The van der Waals surface area contributed by atoms with Gasteiger partial charge in [-0.25, -0.2) is 8.42 Å². The number of carbonyl (C=O) groups excluding carboxylic acids is 1. The van der Waals surface area contributed by atoms with Crippen LogP contribution in [0.5, 0.6) is 0 Å². The Morgan fingerprint density at radius 2 is 1.73 bits per heavy atom. The second-order valence-electron chi connectivity index (χ2n) is 5.88. The smallest absolute Gasteiger partial charge is 0.222 e. The van der Waals surface area contributed by atoms with Crippen molar-refractivity contribution in [3.8, 4) is 0 Å². The Morgan fingerprint density at radius 1 is 1.09 bits per heavy atom. The van der Waals surface area contributed by atoms with E-state index in [-0.39, 0.29) is 11.7 Å². The van der Waals surface area contributed by atoms with Gasteiger partial charge in [-0.1, -0.05) is 30.3 Å². The lowest BCUT2D eigenvalue weighted by Crippen LogP contribution is -2.48. The molecule has 1 aliphatic heterocycles. The van der Waals surface area contributed by atoms with Gasteiger partial charge in [-0.15, -0.1) is 0 Å². The number of piperazine rings is 1. The van der Waals surface area contributed by atoms with Gasteiger partial charge in [0.05, 0.1) is 5.75 Å². The number of benzene rings is 1. The molecule has 1 heterocycles. The zero-order valence-electron chi connectivity index (χ0n) is 13.1. The normalized spacial score (nSPS) is 16.7. The average molecular weight is 324 g/mol. The maximum atomic E-state index is 12.1. The first kappa shape index (κ1) is 17.0. The van der Waals surface area contributed by atoms with Crippen molar-refractivity contribution in [2.24, 2.45) is 0 Å². The summed E-state index contributed by atoms with van der Waals surface area (Å²) in [4.78, 5) is 16.3. The number of hydrogen-bond donors (Lipinski definition) is 0. The number of rotatable bonds is 6. The van der Waals surface area contributed by atoms with Crippen molar-refractivity contribution in [1.82, 2.24) is 9.80 Å². The van der Waals surface area contributed by atoms with Gasteiger partial charge in [0, 0.05) is 45.4 Å². The van der Waals surface area contributed by atoms with E-state index in [0.717, 1.165) is 32.7 Å². The molecule has 0 saturated carbocycles. The molecule has 0 aromatic heterocycles. The van der Waals surface area contributed by atoms with Gasteiger partial charge >= 0.3 is 0 Å². The lowest BCUT2D eigenvalue weighted by atomic mass is 10.2. The summed E-state index contributed by atoms with van der Waals surface area (Å²) in [6.45, 7) is 4.10. The average Bonchev–Trinajstić information content (AvgIpc) is 2.47. The Morgan fingerprint density at radius 3 is 2.32 bits per heavy atom. The topological polar surface area (TPSA) is 57.7 Å². The molecule has 1 saturated heterocycles. The van der Waals surface area contributed by atoms with Crippen LogP contribution in [-0.2, 0) is 21.2 Å². The molecule has 0 unspecified atom stereocenters. The summed E-state index contributed by atoms with van der Waals surface area (Å²) in [6, 6.07) is 10.3. The molecule has 22 heavy (non-hydrogen) atoms. The molecule has 2 rings (SSSR count). The largest absolute Gasteiger partial charge is 0.340 e. The van der Waals surface area contributed by atoms with Crippen molar-refractivity contribution in [1.29, 1.82) is 0 Å². The van der Waals surface area contributed by atoms with E-state index in [9.17, 15) is 13.2 Å². The molecule has 1 amide bonds. The Bertz CT molecular complexity index is 579. The van der Waals surface area contributed by atoms with E-state index in [1.165, 1.54) is 11.8 Å². The highest BCUT2D eigenvalue weighted by Crippen LogP contribution is 2.10. The van der Waals surface area contributed by atoms with Gasteiger partial charge < -0.3 is 4.90 Å². The fourth-order valence-electron chi connectivity index (χ4n) is 2.64. The van der Waals surface area contributed by atoms with Gasteiger partial charge in [-0.3, -0.25) is 9.69 Å². The number of sulfone groups is 1. The molecule has 0 aliphatic carbocycles. The second kappa shape index (κ2) is 7.74. The van der Waals surface area contributed by atoms with Crippen LogP contribution in [0.25, 0.3) is 0 Å². The maximum Gasteiger partial charge on any atom is 0.222 e. The summed E-state index contributed by atoms with van der Waals surface area (Å²) in [5.74, 6) is 0.162. The van der Waals surface area contributed by atoms with Gasteiger partial charge in [0.25, 0.3) is 0 Å². The Kier molecular flexibility index (Phi) is 5.97. The lowest BCUT2D eigenvalue weighted by molar-refractivity contribution is -0.133. The van der Waals surface area contributed by atoms with Crippen molar-refractivity contribution < 1.29 is 13.2 Å². The number of carbonyl (C=O) groups is 1. The van der Waals surface area contributed by atoms with Crippen LogP contribution in [0.4, 0.5) is 0 Å². The summed E-state index contributed by atoms with van der Waals surface area (Å²) in [5.41, 5.74) is 1.29. The van der Waals surface area contributed by atoms with E-state index in [2.05, 4.69) is 17.0 Å². The predicted octanol–water partition coefficient (Wildman–Crippen LogP) is 1.16. The molecule has 1 aromatic rings. The van der Waals surface area contributed by atoms with Gasteiger partial charge in [-0.2, -0.15) is 0 Å². The standard InChI is InChI=1S/C16H24N2O3S/c1-22(20,21)13-5-8-16(19)18-11-9-17(10-12-18)14-15-6-3-2-4-7-15/h2-4,6-7H,5,8-14H2,1H3. The Hall–Kier alpha value is -1.40. The van der Waals surface area contributed by atoms with Crippen LogP contribution < -0.4 is 0 Å². The molecule has 1 fully saturated rings. The fourth-order valence-corrected chi connectivity index (χ4v) is 3.31. The number of amides is 1. The van der Waals surface area contributed by atoms with Crippen LogP contribution in [-0.4, -0.2) is 62.3 Å². The first-order chi connectivity index (χ1) is 10.4. The molecule has 0 atom stereocenters. The SMILES string of the molecule is CS(=O)(=O)CCCC(=O)N1CCN(Cc2ccccc2)CC1. The zero-order valence-corrected chi connectivity index (χ0v) is 13.9. The van der Waals surface area contributed by atoms with Gasteiger partial charge in [0.1, 0.15) is 9.84 Å². The summed E-state index contributed by atoms with van der Waals surface area (Å²) in [7, 11) is -2.97. The maximum absolute atomic E-state index is 12.1. The Balaban J connectivity index is 1.71. The quantitative estimate of drug-likeness (QED) is 0.788. The van der Waals surface area contributed by atoms with E-state index in [1.54, 1.807) is 0 Å². The molecular weight excluding hydrogens is 300 g/mol. The number of nitrogens with zero attached hydrogens (tertiary/aromatic N) is 2. The molecule has 6 heteroatoms. The zero-order chi connectivity index (χ0) is 16.0. The fraction of sp³-hybridized carbons (Fsp3) is 0.562. The van der Waals surface area contributed by atoms with E-state index >= 15 is 0 Å². The van der Waals surface area contributed by atoms with Crippen LogP contribution in [0.3, 0.4) is 0 Å². The summed E-state index contributed by atoms with van der Waals surface area (Å²) in [5, 5.41) is 0. The van der Waals surface area contributed by atoms with E-state index in [1.807, 2.05) is 23.1 Å². The minimum absolute atomic E-state index is 0.0722. The molecule has 1 aliphatic rings. The van der Waals surface area contributed by atoms with Crippen molar-refractivity contribution in [3.05, 3.63) is 35.9 Å². The monoisotopic (exact) mass is 324 g/mol. The third-order valence-electron chi connectivity index (χ3n) is 3.88. The van der Waals surface area contributed by atoms with Crippen molar-refractivity contribution >= 4 is 15.7 Å². The van der Waals surface area contributed by atoms with Gasteiger partial charge in [-0.05, 0) is 12.0 Å². The molecular formula is C16H24N2O3S. The van der Waals surface area contributed by atoms with Crippen LogP contribution in [0.2, 0.25) is 0 Å². The Labute approximate surface area is 132 Å². The summed E-state index contributed by atoms with van der Waals surface area (Å²) in [6.07, 6.45) is 1.95. The number of hydrogen-bond acceptors (Lipinski definition) is 4. The lowest BCUT2D eigenvalue weighted by Gasteiger charge is -2.34. The third kappa shape index (κ3) is 5.77. The molecule has 0 radical (unpaired) electrons. The molecule has 0 spiro atoms. The first-order valence-electron chi connectivity index (χ1n) is 7.66. The van der Waals surface area contributed by atoms with Crippen molar-refractivity contribution in [3.63, 3.8) is 0 Å². The highest BCUT2D eigenvalue weighted by molar-refractivity contribution is 7.90. The highest BCUT2D eigenvalue weighted by Gasteiger charge is 2.21. The van der Waals surface area contributed by atoms with E-state index in [0.29, 0.717) is 12.8 Å². The minimum Gasteiger partial charge on any atom is -0.340 e. The van der Waals surface area contributed by atoms with Crippen molar-refractivity contribution in [2.75, 3.05) is 38.2 Å². The van der Waals surface area contributed by atoms with Gasteiger partial charge in [0.15, 0.2) is 0 Å². The van der Waals surface area contributed by atoms with Crippen molar-refractivity contribution in [2.45, 2.75) is 19.4 Å². The summed E-state index contributed by atoms with van der Waals surface area (Å²) < 4.78 is 22.1.